The normalized spacial score (nSPS) is 25.2. The van der Waals surface area contributed by atoms with Gasteiger partial charge in [-0.05, 0) is 31.5 Å². The van der Waals surface area contributed by atoms with Crippen molar-refractivity contribution in [1.82, 2.24) is 5.32 Å². The largest absolute Gasteiger partial charge is 0.399 e. The first-order valence-electron chi connectivity index (χ1n) is 5.79. The van der Waals surface area contributed by atoms with Crippen molar-refractivity contribution in [3.63, 3.8) is 0 Å². The van der Waals surface area contributed by atoms with Gasteiger partial charge in [-0.15, -0.1) is 0 Å². The molecule has 0 saturated carbocycles. The Labute approximate surface area is 110 Å². The lowest BCUT2D eigenvalue weighted by molar-refractivity contribution is 0.0911. The Kier molecular flexibility index (Phi) is 3.25. The number of amides is 1. The van der Waals surface area contributed by atoms with Crippen LogP contribution in [0.15, 0.2) is 18.2 Å². The monoisotopic (exact) mass is 286 g/mol. The molecule has 1 unspecified atom stereocenters. The summed E-state index contributed by atoms with van der Waals surface area (Å²) >= 11 is 0. The molecule has 0 aromatic heterocycles. The summed E-state index contributed by atoms with van der Waals surface area (Å²) < 4.78 is 36.4. The second-order valence-corrected chi connectivity index (χ2v) is 7.28. The Balaban J connectivity index is 2.20. The number of hydrogen-bond donors (Lipinski definition) is 2. The molecule has 104 valence electrons. The fraction of sp³-hybridized carbons (Fsp3) is 0.417. The Hall–Kier alpha value is -1.63. The van der Waals surface area contributed by atoms with Crippen LogP contribution in [0.3, 0.4) is 0 Å². The minimum atomic E-state index is -3.13. The molecule has 1 aromatic rings. The predicted octanol–water partition coefficient (Wildman–Crippen LogP) is 0.715. The average Bonchev–Trinajstić information content (AvgIpc) is 2.56. The van der Waals surface area contributed by atoms with Crippen molar-refractivity contribution in [2.75, 3.05) is 17.2 Å². The van der Waals surface area contributed by atoms with E-state index in [0.29, 0.717) is 6.42 Å². The number of benzene rings is 1. The molecule has 0 bridgehead atoms. The van der Waals surface area contributed by atoms with E-state index in [1.807, 2.05) is 0 Å². The maximum absolute atomic E-state index is 13.5. The van der Waals surface area contributed by atoms with Gasteiger partial charge < -0.3 is 11.1 Å². The maximum atomic E-state index is 13.5. The smallest absolute Gasteiger partial charge is 0.254 e. The van der Waals surface area contributed by atoms with Crippen LogP contribution in [0.4, 0.5) is 10.1 Å². The van der Waals surface area contributed by atoms with Crippen LogP contribution in [0.5, 0.6) is 0 Å². The number of nitrogens with two attached hydrogens (primary N) is 1. The number of anilines is 1. The van der Waals surface area contributed by atoms with E-state index in [2.05, 4.69) is 5.32 Å². The van der Waals surface area contributed by atoms with Gasteiger partial charge in [0.05, 0.1) is 22.6 Å². The fourth-order valence-corrected chi connectivity index (χ4v) is 4.26. The number of carbonyl (C=O) groups excluding carboxylic acids is 1. The van der Waals surface area contributed by atoms with Gasteiger partial charge in [0.2, 0.25) is 0 Å². The summed E-state index contributed by atoms with van der Waals surface area (Å²) in [7, 11) is -3.13. The lowest BCUT2D eigenvalue weighted by atomic mass is 10.0. The van der Waals surface area contributed by atoms with E-state index in [-0.39, 0.29) is 22.8 Å². The van der Waals surface area contributed by atoms with Gasteiger partial charge in [0.1, 0.15) is 5.82 Å². The first kappa shape index (κ1) is 13.8. The van der Waals surface area contributed by atoms with Gasteiger partial charge in [-0.2, -0.15) is 0 Å². The maximum Gasteiger partial charge on any atom is 0.254 e. The molecule has 0 spiro atoms. The fourth-order valence-electron chi connectivity index (χ4n) is 2.17. The predicted molar refractivity (Wildman–Crippen MR) is 70.0 cm³/mol. The third kappa shape index (κ3) is 3.04. The highest BCUT2D eigenvalue weighted by Crippen LogP contribution is 2.24. The Morgan fingerprint density at radius 1 is 1.47 bits per heavy atom. The zero-order chi connectivity index (χ0) is 14.3. The average molecular weight is 286 g/mol. The molecule has 1 amide bonds. The zero-order valence-electron chi connectivity index (χ0n) is 10.4. The summed E-state index contributed by atoms with van der Waals surface area (Å²) in [6.45, 7) is 1.64. The molecular weight excluding hydrogens is 271 g/mol. The van der Waals surface area contributed by atoms with E-state index in [0.717, 1.165) is 6.07 Å². The lowest BCUT2D eigenvalue weighted by Crippen LogP contribution is -2.47. The van der Waals surface area contributed by atoms with E-state index >= 15 is 0 Å². The molecule has 2 rings (SSSR count). The van der Waals surface area contributed by atoms with Crippen LogP contribution in [0.2, 0.25) is 0 Å². The number of hydrogen-bond acceptors (Lipinski definition) is 4. The van der Waals surface area contributed by atoms with E-state index < -0.39 is 27.1 Å². The summed E-state index contributed by atoms with van der Waals surface area (Å²) in [6.07, 6.45) is 0.324. The first-order chi connectivity index (χ1) is 8.71. The molecule has 7 heteroatoms. The van der Waals surface area contributed by atoms with Gasteiger partial charge in [-0.1, -0.05) is 0 Å². The van der Waals surface area contributed by atoms with Crippen molar-refractivity contribution < 1.29 is 17.6 Å². The molecule has 1 fully saturated rings. The molecule has 5 nitrogen and oxygen atoms in total. The third-order valence-electron chi connectivity index (χ3n) is 3.15. The number of nitrogens with one attached hydrogen (secondary N) is 1. The molecule has 1 saturated heterocycles. The summed E-state index contributed by atoms with van der Waals surface area (Å²) in [5, 5.41) is 2.58. The van der Waals surface area contributed by atoms with Crippen LogP contribution in [0.1, 0.15) is 23.7 Å². The number of nitrogen functional groups attached to an aromatic ring is 1. The molecule has 0 radical (unpaired) electrons. The second kappa shape index (κ2) is 4.48. The Bertz CT molecular complexity index is 630. The summed E-state index contributed by atoms with van der Waals surface area (Å²) in [4.78, 5) is 12.0. The molecule has 1 heterocycles. The van der Waals surface area contributed by atoms with Crippen molar-refractivity contribution >= 4 is 21.4 Å². The highest BCUT2D eigenvalue weighted by molar-refractivity contribution is 7.91. The van der Waals surface area contributed by atoms with Gasteiger partial charge in [-0.25, -0.2) is 12.8 Å². The zero-order valence-corrected chi connectivity index (χ0v) is 11.3. The van der Waals surface area contributed by atoms with Crippen molar-refractivity contribution in [3.8, 4) is 0 Å². The SMILES string of the molecule is CC1(NC(=O)c2cc(N)ccc2F)CCS(=O)(=O)C1. The highest BCUT2D eigenvalue weighted by Gasteiger charge is 2.39. The van der Waals surface area contributed by atoms with E-state index in [9.17, 15) is 17.6 Å². The summed E-state index contributed by atoms with van der Waals surface area (Å²) in [6, 6.07) is 3.70. The third-order valence-corrected chi connectivity index (χ3v) is 5.06. The standard InChI is InChI=1S/C12H15FN2O3S/c1-12(4-5-19(17,18)7-12)15-11(16)9-6-8(14)2-3-10(9)13/h2-3,6H,4-5,7,14H2,1H3,(H,15,16). The molecule has 1 atom stereocenters. The van der Waals surface area contributed by atoms with E-state index in [1.54, 1.807) is 6.92 Å². The van der Waals surface area contributed by atoms with Crippen LogP contribution in [0.25, 0.3) is 0 Å². The topological polar surface area (TPSA) is 89.3 Å². The molecule has 1 aliphatic rings. The van der Waals surface area contributed by atoms with Crippen LogP contribution >= 0.6 is 0 Å². The van der Waals surface area contributed by atoms with Gasteiger partial charge >= 0.3 is 0 Å². The number of halogens is 1. The van der Waals surface area contributed by atoms with Crippen molar-refractivity contribution in [3.05, 3.63) is 29.6 Å². The quantitative estimate of drug-likeness (QED) is 0.784. The minimum Gasteiger partial charge on any atom is -0.399 e. The molecule has 1 aromatic carbocycles. The minimum absolute atomic E-state index is 0.0309. The van der Waals surface area contributed by atoms with Crippen molar-refractivity contribution in [1.29, 1.82) is 0 Å². The van der Waals surface area contributed by atoms with Gasteiger partial charge in [0, 0.05) is 5.69 Å². The number of rotatable bonds is 2. The molecule has 19 heavy (non-hydrogen) atoms. The van der Waals surface area contributed by atoms with Crippen LogP contribution in [-0.4, -0.2) is 31.4 Å². The van der Waals surface area contributed by atoms with E-state index in [4.69, 9.17) is 5.73 Å². The summed E-state index contributed by atoms with van der Waals surface area (Å²) in [5.41, 5.74) is 4.75. The number of carbonyl (C=O) groups is 1. The lowest BCUT2D eigenvalue weighted by Gasteiger charge is -2.24. The van der Waals surface area contributed by atoms with Gasteiger partial charge in [-0.3, -0.25) is 4.79 Å². The Morgan fingerprint density at radius 3 is 2.74 bits per heavy atom. The second-order valence-electron chi connectivity index (χ2n) is 5.10. The Morgan fingerprint density at radius 2 is 2.16 bits per heavy atom. The van der Waals surface area contributed by atoms with Crippen LogP contribution in [0, 0.1) is 5.82 Å². The van der Waals surface area contributed by atoms with Crippen LogP contribution in [-0.2, 0) is 9.84 Å². The highest BCUT2D eigenvalue weighted by atomic mass is 32.2. The van der Waals surface area contributed by atoms with Crippen molar-refractivity contribution in [2.45, 2.75) is 18.9 Å². The molecule has 0 aliphatic carbocycles. The summed E-state index contributed by atoms with van der Waals surface area (Å²) in [5.74, 6) is -1.43. The van der Waals surface area contributed by atoms with Crippen molar-refractivity contribution in [2.24, 2.45) is 0 Å². The molecular formula is C12H15FN2O3S. The first-order valence-corrected chi connectivity index (χ1v) is 7.61. The van der Waals surface area contributed by atoms with Gasteiger partial charge in [0.25, 0.3) is 5.91 Å². The van der Waals surface area contributed by atoms with Crippen LogP contribution < -0.4 is 11.1 Å². The van der Waals surface area contributed by atoms with Gasteiger partial charge in [0.15, 0.2) is 9.84 Å². The molecule has 1 aliphatic heterocycles. The molecule has 3 N–H and O–H groups in total. The van der Waals surface area contributed by atoms with E-state index in [1.165, 1.54) is 12.1 Å². The number of sulfone groups is 1.